The second-order valence-corrected chi connectivity index (χ2v) is 9.40. The number of tetrazole rings is 1. The zero-order valence-corrected chi connectivity index (χ0v) is 18.4. The molecule has 31 heavy (non-hydrogen) atoms. The quantitative estimate of drug-likeness (QED) is 0.494. The molecular weight excluding hydrogens is 408 g/mol. The molecule has 0 saturated heterocycles. The minimum Gasteiger partial charge on any atom is -0.335 e. The summed E-state index contributed by atoms with van der Waals surface area (Å²) >= 11 is 1.67. The van der Waals surface area contributed by atoms with Crippen LogP contribution in [0.1, 0.15) is 48.1 Å². The van der Waals surface area contributed by atoms with Crippen LogP contribution in [0.4, 0.5) is 4.79 Å². The van der Waals surface area contributed by atoms with Crippen molar-refractivity contribution in [1.29, 1.82) is 0 Å². The van der Waals surface area contributed by atoms with Gasteiger partial charge in [-0.25, -0.2) is 4.79 Å². The lowest BCUT2D eigenvalue weighted by molar-refractivity contribution is 0.185. The lowest BCUT2D eigenvalue weighted by Gasteiger charge is -2.28. The molecule has 7 nitrogen and oxygen atoms in total. The minimum atomic E-state index is -0.0183. The Balaban J connectivity index is 1.48. The number of aryl methyl sites for hydroxylation is 1. The van der Waals surface area contributed by atoms with Crippen LogP contribution in [0.25, 0.3) is 16.6 Å². The van der Waals surface area contributed by atoms with E-state index in [1.54, 1.807) is 15.9 Å². The van der Waals surface area contributed by atoms with Crippen LogP contribution in [0.3, 0.4) is 0 Å². The predicted octanol–water partition coefficient (Wildman–Crippen LogP) is 4.69. The highest BCUT2D eigenvalue weighted by Gasteiger charge is 2.22. The van der Waals surface area contributed by atoms with Crippen LogP contribution in [0, 0.1) is 6.92 Å². The third-order valence-corrected chi connectivity index (χ3v) is 6.87. The molecule has 0 bridgehead atoms. The SMILES string of the molecule is Cc1ccc2c(c1)cc(CN(Cc1cccs1)C(=O)NC1CCCCC1)c1nnnn12. The molecule has 3 aromatic heterocycles. The van der Waals surface area contributed by atoms with E-state index in [-0.39, 0.29) is 12.1 Å². The molecule has 2 amide bonds. The molecule has 0 unspecified atom stereocenters. The Morgan fingerprint density at radius 2 is 2.06 bits per heavy atom. The molecule has 1 aliphatic carbocycles. The van der Waals surface area contributed by atoms with Gasteiger partial charge in [0.25, 0.3) is 0 Å². The number of rotatable bonds is 5. The summed E-state index contributed by atoms with van der Waals surface area (Å²) < 4.78 is 1.77. The fourth-order valence-corrected chi connectivity index (χ4v) is 5.13. The van der Waals surface area contributed by atoms with Crippen LogP contribution in [-0.4, -0.2) is 37.0 Å². The molecule has 8 heteroatoms. The van der Waals surface area contributed by atoms with Gasteiger partial charge in [0.05, 0.1) is 18.6 Å². The third kappa shape index (κ3) is 4.25. The predicted molar refractivity (Wildman–Crippen MR) is 122 cm³/mol. The normalized spacial score (nSPS) is 14.9. The maximum atomic E-state index is 13.3. The first-order valence-corrected chi connectivity index (χ1v) is 11.7. The van der Waals surface area contributed by atoms with Gasteiger partial charge in [0, 0.05) is 21.9 Å². The zero-order chi connectivity index (χ0) is 21.2. The van der Waals surface area contributed by atoms with Crippen molar-refractivity contribution in [3.63, 3.8) is 0 Å². The molecule has 1 saturated carbocycles. The number of urea groups is 1. The molecule has 1 aromatic carbocycles. The van der Waals surface area contributed by atoms with Gasteiger partial charge < -0.3 is 10.2 Å². The van der Waals surface area contributed by atoms with Gasteiger partial charge in [-0.2, -0.15) is 4.52 Å². The number of nitrogens with one attached hydrogen (secondary N) is 1. The molecule has 4 aromatic rings. The summed E-state index contributed by atoms with van der Waals surface area (Å²) in [4.78, 5) is 16.3. The van der Waals surface area contributed by atoms with E-state index in [1.165, 1.54) is 24.8 Å². The fraction of sp³-hybridized carbons (Fsp3) is 0.391. The first-order valence-electron chi connectivity index (χ1n) is 10.9. The summed E-state index contributed by atoms with van der Waals surface area (Å²) in [6, 6.07) is 12.7. The van der Waals surface area contributed by atoms with Gasteiger partial charge in [0.15, 0.2) is 5.65 Å². The van der Waals surface area contributed by atoms with Crippen LogP contribution in [0.5, 0.6) is 0 Å². The summed E-state index contributed by atoms with van der Waals surface area (Å²) in [7, 11) is 0. The first-order chi connectivity index (χ1) is 15.2. The molecule has 3 heterocycles. The topological polar surface area (TPSA) is 75.4 Å². The van der Waals surface area contributed by atoms with Gasteiger partial charge in [0.1, 0.15) is 0 Å². The van der Waals surface area contributed by atoms with Crippen molar-refractivity contribution < 1.29 is 4.79 Å². The smallest absolute Gasteiger partial charge is 0.318 e. The number of carbonyl (C=O) groups excluding carboxylic acids is 1. The van der Waals surface area contributed by atoms with Crippen LogP contribution < -0.4 is 5.32 Å². The van der Waals surface area contributed by atoms with Crippen LogP contribution in [0.15, 0.2) is 41.8 Å². The highest BCUT2D eigenvalue weighted by molar-refractivity contribution is 7.09. The number of aromatic nitrogens is 4. The van der Waals surface area contributed by atoms with E-state index in [9.17, 15) is 4.79 Å². The van der Waals surface area contributed by atoms with E-state index >= 15 is 0 Å². The van der Waals surface area contributed by atoms with Crippen molar-refractivity contribution >= 4 is 33.9 Å². The average molecular weight is 435 g/mol. The number of pyridine rings is 1. The number of benzene rings is 1. The van der Waals surface area contributed by atoms with Gasteiger partial charge in [0.2, 0.25) is 0 Å². The second-order valence-electron chi connectivity index (χ2n) is 8.37. The minimum absolute atomic E-state index is 0.0183. The van der Waals surface area contributed by atoms with Gasteiger partial charge in [-0.15, -0.1) is 16.4 Å². The van der Waals surface area contributed by atoms with Gasteiger partial charge in [-0.05, 0) is 59.8 Å². The van der Waals surface area contributed by atoms with Crippen molar-refractivity contribution in [1.82, 2.24) is 30.3 Å². The first kappa shape index (κ1) is 19.9. The van der Waals surface area contributed by atoms with E-state index in [4.69, 9.17) is 0 Å². The van der Waals surface area contributed by atoms with E-state index in [2.05, 4.69) is 52.0 Å². The van der Waals surface area contributed by atoms with E-state index in [1.807, 2.05) is 22.4 Å². The van der Waals surface area contributed by atoms with Gasteiger partial charge in [-0.3, -0.25) is 0 Å². The number of carbonyl (C=O) groups is 1. The highest BCUT2D eigenvalue weighted by Crippen LogP contribution is 2.24. The molecule has 5 rings (SSSR count). The van der Waals surface area contributed by atoms with E-state index in [0.717, 1.165) is 34.2 Å². The molecule has 0 aliphatic heterocycles. The zero-order valence-electron chi connectivity index (χ0n) is 17.6. The Labute approximate surface area is 185 Å². The highest BCUT2D eigenvalue weighted by atomic mass is 32.1. The molecule has 1 fully saturated rings. The fourth-order valence-electron chi connectivity index (χ4n) is 4.41. The van der Waals surface area contributed by atoms with Crippen LogP contribution in [-0.2, 0) is 13.1 Å². The molecule has 1 aliphatic rings. The molecular formula is C23H26N6OS. The lowest BCUT2D eigenvalue weighted by atomic mass is 9.96. The van der Waals surface area contributed by atoms with Crippen molar-refractivity contribution in [3.8, 4) is 0 Å². The summed E-state index contributed by atoms with van der Waals surface area (Å²) in [6.45, 7) is 3.09. The Morgan fingerprint density at radius 3 is 2.87 bits per heavy atom. The summed E-state index contributed by atoms with van der Waals surface area (Å²) in [5.41, 5.74) is 3.78. The molecule has 0 spiro atoms. The Morgan fingerprint density at radius 1 is 1.19 bits per heavy atom. The van der Waals surface area contributed by atoms with Crippen LogP contribution >= 0.6 is 11.3 Å². The third-order valence-electron chi connectivity index (χ3n) is 6.01. The molecule has 0 radical (unpaired) electrons. The largest absolute Gasteiger partial charge is 0.335 e. The number of amides is 2. The maximum absolute atomic E-state index is 13.3. The number of hydrogen-bond acceptors (Lipinski definition) is 5. The Bertz CT molecular complexity index is 1200. The molecule has 160 valence electrons. The van der Waals surface area contributed by atoms with E-state index < -0.39 is 0 Å². The van der Waals surface area contributed by atoms with Crippen molar-refractivity contribution in [2.24, 2.45) is 0 Å². The van der Waals surface area contributed by atoms with Crippen molar-refractivity contribution in [2.75, 3.05) is 0 Å². The molecule has 0 atom stereocenters. The van der Waals surface area contributed by atoms with Crippen LogP contribution in [0.2, 0.25) is 0 Å². The second kappa shape index (κ2) is 8.63. The number of fused-ring (bicyclic) bond motifs is 3. The van der Waals surface area contributed by atoms with Gasteiger partial charge in [-0.1, -0.05) is 37.0 Å². The summed E-state index contributed by atoms with van der Waals surface area (Å²) in [5, 5.41) is 18.8. The number of hydrogen-bond donors (Lipinski definition) is 1. The Kier molecular flexibility index (Phi) is 5.55. The summed E-state index contributed by atoms with van der Waals surface area (Å²) in [6.07, 6.45) is 5.76. The Hall–Kier alpha value is -3.00. The molecule has 1 N–H and O–H groups in total. The monoisotopic (exact) mass is 434 g/mol. The van der Waals surface area contributed by atoms with Gasteiger partial charge >= 0.3 is 6.03 Å². The average Bonchev–Trinajstić information content (AvgIpc) is 3.46. The maximum Gasteiger partial charge on any atom is 0.318 e. The number of thiophene rings is 1. The van der Waals surface area contributed by atoms with Crippen molar-refractivity contribution in [2.45, 2.75) is 58.2 Å². The van der Waals surface area contributed by atoms with E-state index in [0.29, 0.717) is 18.7 Å². The summed E-state index contributed by atoms with van der Waals surface area (Å²) in [5.74, 6) is 0. The van der Waals surface area contributed by atoms with Crippen molar-refractivity contribution in [3.05, 3.63) is 57.8 Å². The lowest BCUT2D eigenvalue weighted by Crippen LogP contribution is -2.44. The number of nitrogens with zero attached hydrogens (tertiary/aromatic N) is 5. The standard InChI is InChI=1S/C23H26N6OS/c1-16-9-10-21-17(12-16)13-18(22-25-26-27-29(21)22)14-28(15-20-8-5-11-31-20)23(30)24-19-6-3-2-4-7-19/h5,8-13,19H,2-4,6-7,14-15H2,1H3,(H,24,30).